The van der Waals surface area contributed by atoms with Crippen molar-refractivity contribution in [1.82, 2.24) is 9.80 Å². The molecule has 3 heteroatoms. The van der Waals surface area contributed by atoms with E-state index in [9.17, 15) is 0 Å². The number of aliphatic hydroxyl groups excluding tert-OH is 1. The first-order chi connectivity index (χ1) is 6.72. The summed E-state index contributed by atoms with van der Waals surface area (Å²) in [6, 6.07) is 0. The lowest BCUT2D eigenvalue weighted by Crippen LogP contribution is -2.38. The summed E-state index contributed by atoms with van der Waals surface area (Å²) < 4.78 is 0. The highest BCUT2D eigenvalue weighted by Gasteiger charge is 2.18. The molecular formula is C11H24N2O. The van der Waals surface area contributed by atoms with Gasteiger partial charge >= 0.3 is 0 Å². The predicted octanol–water partition coefficient (Wildman–Crippen LogP) is 0.642. The van der Waals surface area contributed by atoms with Gasteiger partial charge < -0.3 is 14.9 Å². The second kappa shape index (κ2) is 6.38. The molecule has 0 amide bonds. The van der Waals surface area contributed by atoms with Gasteiger partial charge in [0.2, 0.25) is 0 Å². The van der Waals surface area contributed by atoms with Crippen LogP contribution in [0.25, 0.3) is 0 Å². The van der Waals surface area contributed by atoms with Gasteiger partial charge in [0.05, 0.1) is 0 Å². The molecule has 14 heavy (non-hydrogen) atoms. The summed E-state index contributed by atoms with van der Waals surface area (Å²) in [5.41, 5.74) is 0. The SMILES string of the molecule is CN(C)CCN1CCC(CCO)CC1. The van der Waals surface area contributed by atoms with E-state index in [1.165, 1.54) is 32.5 Å². The minimum atomic E-state index is 0.363. The number of aliphatic hydroxyl groups is 1. The largest absolute Gasteiger partial charge is 0.396 e. The Balaban J connectivity index is 2.09. The molecule has 0 bridgehead atoms. The zero-order valence-corrected chi connectivity index (χ0v) is 9.58. The number of likely N-dealkylation sites (N-methyl/N-ethyl adjacent to an activating group) is 1. The Hall–Kier alpha value is -0.120. The lowest BCUT2D eigenvalue weighted by Gasteiger charge is -2.32. The van der Waals surface area contributed by atoms with Crippen LogP contribution in [-0.2, 0) is 0 Å². The van der Waals surface area contributed by atoms with Crippen molar-refractivity contribution in [3.05, 3.63) is 0 Å². The molecule has 1 N–H and O–H groups in total. The molecule has 0 saturated carbocycles. The predicted molar refractivity (Wildman–Crippen MR) is 59.4 cm³/mol. The molecule has 3 nitrogen and oxygen atoms in total. The normalized spacial score (nSPS) is 20.6. The van der Waals surface area contributed by atoms with Crippen molar-refractivity contribution < 1.29 is 5.11 Å². The minimum absolute atomic E-state index is 0.363. The Kier molecular flexibility index (Phi) is 5.45. The summed E-state index contributed by atoms with van der Waals surface area (Å²) in [5, 5.41) is 8.84. The van der Waals surface area contributed by atoms with E-state index in [0.717, 1.165) is 18.9 Å². The van der Waals surface area contributed by atoms with Gasteiger partial charge in [-0.15, -0.1) is 0 Å². The zero-order valence-electron chi connectivity index (χ0n) is 9.58. The first kappa shape index (κ1) is 12.0. The van der Waals surface area contributed by atoms with E-state index >= 15 is 0 Å². The average molecular weight is 200 g/mol. The van der Waals surface area contributed by atoms with Crippen LogP contribution in [0.4, 0.5) is 0 Å². The lowest BCUT2D eigenvalue weighted by atomic mass is 9.94. The first-order valence-corrected chi connectivity index (χ1v) is 5.70. The quantitative estimate of drug-likeness (QED) is 0.705. The van der Waals surface area contributed by atoms with E-state index < -0.39 is 0 Å². The van der Waals surface area contributed by atoms with Crippen molar-refractivity contribution in [2.45, 2.75) is 19.3 Å². The van der Waals surface area contributed by atoms with Crippen molar-refractivity contribution in [2.75, 3.05) is 46.9 Å². The third kappa shape index (κ3) is 4.40. The number of nitrogens with zero attached hydrogens (tertiary/aromatic N) is 2. The van der Waals surface area contributed by atoms with Crippen molar-refractivity contribution in [3.8, 4) is 0 Å². The zero-order chi connectivity index (χ0) is 10.4. The van der Waals surface area contributed by atoms with Gasteiger partial charge in [0.25, 0.3) is 0 Å². The molecule has 1 aliphatic heterocycles. The van der Waals surface area contributed by atoms with E-state index in [1.54, 1.807) is 0 Å². The molecule has 0 unspecified atom stereocenters. The minimum Gasteiger partial charge on any atom is -0.396 e. The van der Waals surface area contributed by atoms with Crippen LogP contribution < -0.4 is 0 Å². The van der Waals surface area contributed by atoms with Crippen LogP contribution in [0, 0.1) is 5.92 Å². The maximum atomic E-state index is 8.84. The highest BCUT2D eigenvalue weighted by atomic mass is 16.3. The standard InChI is InChI=1S/C11H24N2O/c1-12(2)8-9-13-6-3-11(4-7-13)5-10-14/h11,14H,3-10H2,1-2H3. The topological polar surface area (TPSA) is 26.7 Å². The van der Waals surface area contributed by atoms with Crippen molar-refractivity contribution >= 4 is 0 Å². The molecule has 0 radical (unpaired) electrons. The molecule has 1 saturated heterocycles. The van der Waals surface area contributed by atoms with E-state index in [0.29, 0.717) is 6.61 Å². The van der Waals surface area contributed by atoms with Crippen molar-refractivity contribution in [3.63, 3.8) is 0 Å². The summed E-state index contributed by atoms with van der Waals surface area (Å²) in [6.45, 7) is 5.16. The van der Waals surface area contributed by atoms with Gasteiger partial charge in [-0.25, -0.2) is 0 Å². The van der Waals surface area contributed by atoms with Crippen LogP contribution in [0.5, 0.6) is 0 Å². The summed E-state index contributed by atoms with van der Waals surface area (Å²) in [4.78, 5) is 4.77. The lowest BCUT2D eigenvalue weighted by molar-refractivity contribution is 0.150. The highest BCUT2D eigenvalue weighted by molar-refractivity contribution is 4.72. The van der Waals surface area contributed by atoms with E-state index in [1.807, 2.05) is 0 Å². The maximum absolute atomic E-state index is 8.84. The summed E-state index contributed by atoms with van der Waals surface area (Å²) in [7, 11) is 4.25. The highest BCUT2D eigenvalue weighted by Crippen LogP contribution is 2.19. The summed E-state index contributed by atoms with van der Waals surface area (Å²) in [6.07, 6.45) is 3.55. The van der Waals surface area contributed by atoms with Gasteiger partial charge in [-0.3, -0.25) is 0 Å². The molecular weight excluding hydrogens is 176 g/mol. The second-order valence-electron chi connectivity index (χ2n) is 4.60. The average Bonchev–Trinajstić information content (AvgIpc) is 2.17. The number of piperidine rings is 1. The number of hydrogen-bond donors (Lipinski definition) is 1. The molecule has 1 aliphatic rings. The van der Waals surface area contributed by atoms with Crippen LogP contribution >= 0.6 is 0 Å². The Bertz CT molecular complexity index is 142. The molecule has 1 heterocycles. The number of rotatable bonds is 5. The molecule has 0 aromatic carbocycles. The van der Waals surface area contributed by atoms with Crippen LogP contribution in [-0.4, -0.2) is 61.8 Å². The Morgan fingerprint density at radius 1 is 1.29 bits per heavy atom. The molecule has 0 aliphatic carbocycles. The molecule has 84 valence electrons. The van der Waals surface area contributed by atoms with Gasteiger partial charge in [-0.05, 0) is 52.4 Å². The van der Waals surface area contributed by atoms with Crippen LogP contribution in [0.3, 0.4) is 0 Å². The fourth-order valence-electron chi connectivity index (χ4n) is 2.02. The Morgan fingerprint density at radius 2 is 1.93 bits per heavy atom. The van der Waals surface area contributed by atoms with Crippen LogP contribution in [0.15, 0.2) is 0 Å². The molecule has 0 aromatic rings. The smallest absolute Gasteiger partial charge is 0.0433 e. The molecule has 1 rings (SSSR count). The first-order valence-electron chi connectivity index (χ1n) is 5.70. The fraction of sp³-hybridized carbons (Fsp3) is 1.00. The third-order valence-corrected chi connectivity index (χ3v) is 3.11. The molecule has 0 aromatic heterocycles. The summed E-state index contributed by atoms with van der Waals surface area (Å²) >= 11 is 0. The fourth-order valence-corrected chi connectivity index (χ4v) is 2.02. The summed E-state index contributed by atoms with van der Waals surface area (Å²) in [5.74, 6) is 0.774. The Morgan fingerprint density at radius 3 is 2.43 bits per heavy atom. The second-order valence-corrected chi connectivity index (χ2v) is 4.60. The van der Waals surface area contributed by atoms with Crippen LogP contribution in [0.1, 0.15) is 19.3 Å². The van der Waals surface area contributed by atoms with Crippen molar-refractivity contribution in [2.24, 2.45) is 5.92 Å². The van der Waals surface area contributed by atoms with Gasteiger partial charge in [0.15, 0.2) is 0 Å². The number of hydrogen-bond acceptors (Lipinski definition) is 3. The van der Waals surface area contributed by atoms with Gasteiger partial charge in [-0.2, -0.15) is 0 Å². The Labute approximate surface area is 87.7 Å². The van der Waals surface area contributed by atoms with Gasteiger partial charge in [-0.1, -0.05) is 0 Å². The van der Waals surface area contributed by atoms with E-state index in [4.69, 9.17) is 5.11 Å². The van der Waals surface area contributed by atoms with Crippen molar-refractivity contribution in [1.29, 1.82) is 0 Å². The monoisotopic (exact) mass is 200 g/mol. The number of likely N-dealkylation sites (tertiary alicyclic amines) is 1. The molecule has 0 spiro atoms. The maximum Gasteiger partial charge on any atom is 0.0433 e. The van der Waals surface area contributed by atoms with Gasteiger partial charge in [0.1, 0.15) is 0 Å². The molecule has 0 atom stereocenters. The van der Waals surface area contributed by atoms with Crippen LogP contribution in [0.2, 0.25) is 0 Å². The third-order valence-electron chi connectivity index (χ3n) is 3.11. The van der Waals surface area contributed by atoms with Gasteiger partial charge in [0, 0.05) is 19.7 Å². The van der Waals surface area contributed by atoms with E-state index in [-0.39, 0.29) is 0 Å². The van der Waals surface area contributed by atoms with E-state index in [2.05, 4.69) is 23.9 Å². The molecule has 1 fully saturated rings.